The van der Waals surface area contributed by atoms with Crippen LogP contribution in [0, 0.1) is 0 Å². The molecular weight excluding hydrogens is 300 g/mol. The summed E-state index contributed by atoms with van der Waals surface area (Å²) in [7, 11) is 0. The summed E-state index contributed by atoms with van der Waals surface area (Å²) in [6.45, 7) is 4.13. The van der Waals surface area contributed by atoms with Crippen molar-refractivity contribution in [3.05, 3.63) is 44.9 Å². The lowest BCUT2D eigenvalue weighted by Gasteiger charge is -2.03. The topological polar surface area (TPSA) is 17.1 Å². The molecule has 92 valence electrons. The largest absolute Gasteiger partial charge is 0.294 e. The van der Waals surface area contributed by atoms with E-state index in [4.69, 9.17) is 11.6 Å². The molecule has 0 aliphatic carbocycles. The van der Waals surface area contributed by atoms with Crippen molar-refractivity contribution < 1.29 is 4.79 Å². The van der Waals surface area contributed by atoms with E-state index in [2.05, 4.69) is 29.8 Å². The summed E-state index contributed by atoms with van der Waals surface area (Å²) in [6, 6.07) is 5.60. The van der Waals surface area contributed by atoms with Gasteiger partial charge in [0, 0.05) is 15.9 Å². The van der Waals surface area contributed by atoms with Gasteiger partial charge < -0.3 is 0 Å². The fourth-order valence-corrected chi connectivity index (χ4v) is 2.33. The van der Waals surface area contributed by atoms with Crippen LogP contribution in [0.25, 0.3) is 0 Å². The Morgan fingerprint density at radius 2 is 2.00 bits per heavy atom. The first kappa shape index (κ1) is 14.5. The van der Waals surface area contributed by atoms with Crippen LogP contribution in [0.3, 0.4) is 0 Å². The van der Waals surface area contributed by atoms with Gasteiger partial charge in [-0.05, 0) is 36.6 Å². The molecule has 1 nitrogen and oxygen atoms in total. The average Bonchev–Trinajstić information content (AvgIpc) is 2.29. The van der Waals surface area contributed by atoms with E-state index in [-0.39, 0.29) is 5.78 Å². The third-order valence-electron chi connectivity index (χ3n) is 2.65. The van der Waals surface area contributed by atoms with Gasteiger partial charge in [-0.15, -0.1) is 0 Å². The summed E-state index contributed by atoms with van der Waals surface area (Å²) in [6.07, 6.45) is 3.97. The molecule has 0 fully saturated rings. The Morgan fingerprint density at radius 3 is 2.53 bits per heavy atom. The number of rotatable bonds is 5. The summed E-state index contributed by atoms with van der Waals surface area (Å²) in [4.78, 5) is 11.8. The quantitative estimate of drug-likeness (QED) is 0.702. The summed E-state index contributed by atoms with van der Waals surface area (Å²) in [5.41, 5.74) is 2.06. The normalized spacial score (nSPS) is 10.1. The Hall–Kier alpha value is -0.600. The van der Waals surface area contributed by atoms with Gasteiger partial charge in [0.05, 0.1) is 0 Å². The molecule has 0 amide bonds. The average molecular weight is 316 g/mol. The standard InChI is InChI=1S/C14H16BrClO/c1-3-10(4-2)7-13(17)8-11-5-6-12(15)9-14(11)16/h5-7,9H,3-4,8H2,1-2H3. The number of hydrogen-bond acceptors (Lipinski definition) is 1. The predicted octanol–water partition coefficient (Wildman–Crippen LogP) is 4.96. The molecule has 0 radical (unpaired) electrons. The second-order valence-corrected chi connectivity index (χ2v) is 5.21. The van der Waals surface area contributed by atoms with Gasteiger partial charge in [-0.2, -0.15) is 0 Å². The van der Waals surface area contributed by atoms with Gasteiger partial charge in [-0.25, -0.2) is 0 Å². The Kier molecular flexibility index (Phi) is 5.93. The predicted molar refractivity (Wildman–Crippen MR) is 76.5 cm³/mol. The molecule has 0 atom stereocenters. The minimum Gasteiger partial charge on any atom is -0.294 e. The van der Waals surface area contributed by atoms with Crippen LogP contribution in [0.4, 0.5) is 0 Å². The molecule has 0 bridgehead atoms. The molecule has 0 saturated carbocycles. The summed E-state index contributed by atoms with van der Waals surface area (Å²) in [5.74, 6) is 0.118. The minimum atomic E-state index is 0.118. The van der Waals surface area contributed by atoms with E-state index in [9.17, 15) is 4.79 Å². The van der Waals surface area contributed by atoms with Crippen molar-refractivity contribution in [3.63, 3.8) is 0 Å². The Labute approximate surface area is 116 Å². The zero-order valence-electron chi connectivity index (χ0n) is 10.1. The van der Waals surface area contributed by atoms with E-state index in [1.165, 1.54) is 5.57 Å². The Balaban J connectivity index is 2.78. The maximum atomic E-state index is 11.8. The van der Waals surface area contributed by atoms with Crippen LogP contribution in [0.1, 0.15) is 32.3 Å². The number of hydrogen-bond donors (Lipinski definition) is 0. The van der Waals surface area contributed by atoms with E-state index >= 15 is 0 Å². The smallest absolute Gasteiger partial charge is 0.160 e. The third-order valence-corrected chi connectivity index (χ3v) is 3.50. The molecule has 0 spiro atoms. The maximum absolute atomic E-state index is 11.8. The highest BCUT2D eigenvalue weighted by Gasteiger charge is 2.06. The van der Waals surface area contributed by atoms with Gasteiger partial charge in [0.1, 0.15) is 0 Å². The summed E-state index contributed by atoms with van der Waals surface area (Å²) in [5, 5.41) is 0.635. The van der Waals surface area contributed by atoms with Crippen molar-refractivity contribution in [2.24, 2.45) is 0 Å². The maximum Gasteiger partial charge on any atom is 0.160 e. The lowest BCUT2D eigenvalue weighted by atomic mass is 10.0. The molecule has 0 N–H and O–H groups in total. The number of benzene rings is 1. The van der Waals surface area contributed by atoms with Crippen molar-refractivity contribution >= 4 is 33.3 Å². The van der Waals surface area contributed by atoms with Crippen LogP contribution in [-0.2, 0) is 11.2 Å². The van der Waals surface area contributed by atoms with Crippen molar-refractivity contribution in [2.45, 2.75) is 33.1 Å². The van der Waals surface area contributed by atoms with Gasteiger partial charge in [0.15, 0.2) is 5.78 Å². The molecule has 17 heavy (non-hydrogen) atoms. The molecule has 0 aliphatic heterocycles. The molecule has 0 aliphatic rings. The second-order valence-electron chi connectivity index (χ2n) is 3.89. The van der Waals surface area contributed by atoms with E-state index in [0.29, 0.717) is 11.4 Å². The van der Waals surface area contributed by atoms with Gasteiger partial charge in [-0.1, -0.05) is 53.0 Å². The van der Waals surface area contributed by atoms with Crippen LogP contribution in [0.2, 0.25) is 5.02 Å². The first-order valence-electron chi connectivity index (χ1n) is 5.73. The van der Waals surface area contributed by atoms with Crippen LogP contribution < -0.4 is 0 Å². The third kappa shape index (κ3) is 4.64. The fourth-order valence-electron chi connectivity index (χ4n) is 1.59. The minimum absolute atomic E-state index is 0.118. The van der Waals surface area contributed by atoms with Crippen LogP contribution in [0.15, 0.2) is 34.3 Å². The van der Waals surface area contributed by atoms with Gasteiger partial charge in [0.25, 0.3) is 0 Å². The molecule has 1 rings (SSSR count). The molecular formula is C14H16BrClO. The van der Waals surface area contributed by atoms with Crippen LogP contribution in [0.5, 0.6) is 0 Å². The number of carbonyl (C=O) groups excluding carboxylic acids is 1. The highest BCUT2D eigenvalue weighted by molar-refractivity contribution is 9.10. The summed E-state index contributed by atoms with van der Waals surface area (Å²) < 4.78 is 0.928. The fraction of sp³-hybridized carbons (Fsp3) is 0.357. The number of allylic oxidation sites excluding steroid dienone is 2. The van der Waals surface area contributed by atoms with Crippen molar-refractivity contribution in [2.75, 3.05) is 0 Å². The lowest BCUT2D eigenvalue weighted by molar-refractivity contribution is -0.114. The Morgan fingerprint density at radius 1 is 1.35 bits per heavy atom. The zero-order chi connectivity index (χ0) is 12.8. The van der Waals surface area contributed by atoms with E-state index in [1.54, 1.807) is 6.08 Å². The molecule has 1 aromatic rings. The highest BCUT2D eigenvalue weighted by Crippen LogP contribution is 2.22. The molecule has 0 saturated heterocycles. The van der Waals surface area contributed by atoms with Crippen molar-refractivity contribution in [1.29, 1.82) is 0 Å². The molecule has 3 heteroatoms. The van der Waals surface area contributed by atoms with Crippen LogP contribution in [-0.4, -0.2) is 5.78 Å². The molecule has 1 aromatic carbocycles. The van der Waals surface area contributed by atoms with Crippen LogP contribution >= 0.6 is 27.5 Å². The lowest BCUT2D eigenvalue weighted by Crippen LogP contribution is -2.01. The SMILES string of the molecule is CCC(=CC(=O)Cc1ccc(Br)cc1Cl)CC. The molecule has 0 heterocycles. The highest BCUT2D eigenvalue weighted by atomic mass is 79.9. The van der Waals surface area contributed by atoms with Crippen molar-refractivity contribution in [1.82, 2.24) is 0 Å². The molecule has 0 unspecified atom stereocenters. The van der Waals surface area contributed by atoms with E-state index in [1.807, 2.05) is 18.2 Å². The van der Waals surface area contributed by atoms with Crippen molar-refractivity contribution in [3.8, 4) is 0 Å². The van der Waals surface area contributed by atoms with Gasteiger partial charge >= 0.3 is 0 Å². The monoisotopic (exact) mass is 314 g/mol. The first-order valence-corrected chi connectivity index (χ1v) is 6.90. The zero-order valence-corrected chi connectivity index (χ0v) is 12.4. The van der Waals surface area contributed by atoms with E-state index in [0.717, 1.165) is 22.9 Å². The summed E-state index contributed by atoms with van der Waals surface area (Å²) >= 11 is 9.42. The number of halogens is 2. The van der Waals surface area contributed by atoms with Gasteiger partial charge in [0.2, 0.25) is 0 Å². The number of carbonyl (C=O) groups is 1. The first-order chi connectivity index (χ1) is 8.06. The van der Waals surface area contributed by atoms with E-state index < -0.39 is 0 Å². The number of ketones is 1. The second kappa shape index (κ2) is 6.97. The van der Waals surface area contributed by atoms with Gasteiger partial charge in [-0.3, -0.25) is 4.79 Å². The molecule has 0 aromatic heterocycles. The Bertz CT molecular complexity index is 432.